The zero-order valence-electron chi connectivity index (χ0n) is 31.7. The number of amides is 1. The molecule has 1 saturated heterocycles. The molecule has 3 atom stereocenters. The largest absolute Gasteiger partial charge is 0.508 e. The van der Waals surface area contributed by atoms with Gasteiger partial charge in [0.25, 0.3) is 11.5 Å². The number of imidazole rings is 1. The number of carbonyl (C=O) groups is 2. The zero-order chi connectivity index (χ0) is 40.5. The van der Waals surface area contributed by atoms with Gasteiger partial charge in [-0.2, -0.15) is 4.98 Å². The molecule has 2 N–H and O–H groups in total. The number of fused-ring (bicyclic) bond motifs is 1. The molecule has 15 heteroatoms. The lowest BCUT2D eigenvalue weighted by Gasteiger charge is -2.37. The number of nitrogens with one attached hydrogen (secondary N) is 2. The van der Waals surface area contributed by atoms with Gasteiger partial charge in [0.2, 0.25) is 5.95 Å². The molecule has 298 valence electrons. The van der Waals surface area contributed by atoms with Gasteiger partial charge in [0, 0.05) is 6.42 Å². The summed E-state index contributed by atoms with van der Waals surface area (Å²) >= 11 is 0. The number of methoxy groups -OCH3 is 2. The van der Waals surface area contributed by atoms with E-state index in [-0.39, 0.29) is 43.4 Å². The Labute approximate surface area is 333 Å². The molecule has 3 heterocycles. The van der Waals surface area contributed by atoms with Crippen LogP contribution in [0.5, 0.6) is 17.2 Å². The van der Waals surface area contributed by atoms with Crippen molar-refractivity contribution in [3.63, 3.8) is 0 Å². The maximum absolute atomic E-state index is 13.1. The number of para-hydroxylation sites is 1. The van der Waals surface area contributed by atoms with Gasteiger partial charge in [-0.1, -0.05) is 85.5 Å². The molecule has 0 radical (unpaired) electrons. The standard InChI is InChI=1S/C43H41N5O10/c1-4-23-54-42(51)58-34-24-37(48-27-44-38-39(48)46-41(47-40(38)50)45-36(49)26-55-33-13-9-6-10-14-33)57-35(34)25-56-43(28-11-7-5-8-12-28,29-15-19-31(52-2)20-16-29)30-17-21-32(53-3)22-18-30/h4-22,27,34-35,37H,1,23-26H2,2-3H3,(H2,45,46,47,49,50). The first-order valence-electron chi connectivity index (χ1n) is 18.3. The van der Waals surface area contributed by atoms with Crippen LogP contribution in [-0.2, 0) is 29.3 Å². The molecule has 2 aromatic heterocycles. The number of aromatic amines is 1. The Bertz CT molecular complexity index is 2340. The number of benzene rings is 4. The van der Waals surface area contributed by atoms with Gasteiger partial charge >= 0.3 is 6.16 Å². The van der Waals surface area contributed by atoms with E-state index in [2.05, 4.69) is 26.8 Å². The maximum Gasteiger partial charge on any atom is 0.508 e. The smallest absolute Gasteiger partial charge is 0.497 e. The molecule has 58 heavy (non-hydrogen) atoms. The summed E-state index contributed by atoms with van der Waals surface area (Å²) in [5.41, 5.74) is 0.723. The van der Waals surface area contributed by atoms with Gasteiger partial charge in [-0.05, 0) is 53.1 Å². The zero-order valence-corrected chi connectivity index (χ0v) is 31.7. The van der Waals surface area contributed by atoms with Crippen molar-refractivity contribution in [1.82, 2.24) is 19.5 Å². The Balaban J connectivity index is 1.21. The summed E-state index contributed by atoms with van der Waals surface area (Å²) in [5, 5.41) is 2.57. The van der Waals surface area contributed by atoms with Crippen molar-refractivity contribution in [2.45, 2.75) is 30.5 Å². The Hall–Kier alpha value is -6.97. The molecule has 7 rings (SSSR count). The SMILES string of the molecule is C=CCOC(=O)OC1CC(n2cnc3c(=O)[nH]c(NC(=O)COc4ccccc4)nc32)OC1COC(c1ccccc1)(c1ccc(OC)cc1)c1ccc(OC)cc1. The number of anilines is 1. The molecule has 1 aliphatic rings. The molecular formula is C43H41N5O10. The molecule has 1 fully saturated rings. The second kappa shape index (κ2) is 17.9. The molecule has 1 amide bonds. The van der Waals surface area contributed by atoms with Crippen molar-refractivity contribution >= 4 is 29.2 Å². The van der Waals surface area contributed by atoms with Crippen LogP contribution in [0, 0.1) is 0 Å². The third-order valence-corrected chi connectivity index (χ3v) is 9.50. The third-order valence-electron chi connectivity index (χ3n) is 9.50. The van der Waals surface area contributed by atoms with E-state index in [1.807, 2.05) is 84.9 Å². The minimum atomic E-state index is -1.21. The van der Waals surface area contributed by atoms with Crippen LogP contribution in [0.1, 0.15) is 29.3 Å². The van der Waals surface area contributed by atoms with E-state index >= 15 is 0 Å². The first-order valence-corrected chi connectivity index (χ1v) is 18.3. The molecule has 0 spiro atoms. The summed E-state index contributed by atoms with van der Waals surface area (Å²) in [6, 6.07) is 33.7. The van der Waals surface area contributed by atoms with E-state index in [0.717, 1.165) is 16.7 Å². The maximum atomic E-state index is 13.1. The van der Waals surface area contributed by atoms with Gasteiger partial charge in [-0.15, -0.1) is 0 Å². The van der Waals surface area contributed by atoms with Crippen LogP contribution in [-0.4, -0.2) is 77.8 Å². The van der Waals surface area contributed by atoms with Crippen molar-refractivity contribution < 1.29 is 42.7 Å². The molecule has 3 unspecified atom stereocenters. The minimum Gasteiger partial charge on any atom is -0.497 e. The van der Waals surface area contributed by atoms with Gasteiger partial charge in [0.15, 0.2) is 17.8 Å². The van der Waals surface area contributed by atoms with Crippen molar-refractivity contribution in [2.75, 3.05) is 39.4 Å². The van der Waals surface area contributed by atoms with E-state index in [1.54, 1.807) is 43.1 Å². The highest BCUT2D eigenvalue weighted by Crippen LogP contribution is 2.43. The lowest BCUT2D eigenvalue weighted by atomic mass is 9.80. The van der Waals surface area contributed by atoms with Crippen LogP contribution >= 0.6 is 0 Å². The Morgan fingerprint density at radius 2 is 1.52 bits per heavy atom. The van der Waals surface area contributed by atoms with Gasteiger partial charge < -0.3 is 33.2 Å². The average Bonchev–Trinajstić information content (AvgIpc) is 3.87. The van der Waals surface area contributed by atoms with Crippen LogP contribution in [0.4, 0.5) is 10.7 Å². The van der Waals surface area contributed by atoms with E-state index in [1.165, 1.54) is 12.4 Å². The molecule has 0 saturated carbocycles. The van der Waals surface area contributed by atoms with E-state index < -0.39 is 41.7 Å². The topological polar surface area (TPSA) is 174 Å². The lowest BCUT2D eigenvalue weighted by Crippen LogP contribution is -2.39. The summed E-state index contributed by atoms with van der Waals surface area (Å²) in [5.74, 6) is 1.16. The number of nitrogens with zero attached hydrogens (tertiary/aromatic N) is 3. The van der Waals surface area contributed by atoms with Crippen molar-refractivity contribution in [1.29, 1.82) is 0 Å². The predicted octanol–water partition coefficient (Wildman–Crippen LogP) is 6.16. The van der Waals surface area contributed by atoms with E-state index in [0.29, 0.717) is 17.2 Å². The van der Waals surface area contributed by atoms with Crippen LogP contribution < -0.4 is 25.1 Å². The summed E-state index contributed by atoms with van der Waals surface area (Å²) in [6.07, 6.45) is -0.590. The molecule has 6 aromatic rings. The highest BCUT2D eigenvalue weighted by atomic mass is 16.7. The Morgan fingerprint density at radius 3 is 2.14 bits per heavy atom. The van der Waals surface area contributed by atoms with Crippen LogP contribution in [0.25, 0.3) is 11.2 Å². The van der Waals surface area contributed by atoms with Gasteiger partial charge in [0.05, 0.1) is 27.2 Å². The van der Waals surface area contributed by atoms with Crippen molar-refractivity contribution in [3.8, 4) is 17.2 Å². The number of hydrogen-bond donors (Lipinski definition) is 2. The summed E-state index contributed by atoms with van der Waals surface area (Å²) < 4.78 is 42.7. The van der Waals surface area contributed by atoms with Crippen molar-refractivity contribution in [2.24, 2.45) is 0 Å². The fourth-order valence-electron chi connectivity index (χ4n) is 6.74. The van der Waals surface area contributed by atoms with E-state index in [9.17, 15) is 14.4 Å². The van der Waals surface area contributed by atoms with Gasteiger partial charge in [-0.25, -0.2) is 9.78 Å². The van der Waals surface area contributed by atoms with E-state index in [4.69, 9.17) is 33.2 Å². The summed E-state index contributed by atoms with van der Waals surface area (Å²) in [4.78, 5) is 50.1. The highest BCUT2D eigenvalue weighted by Gasteiger charge is 2.44. The number of aromatic nitrogens is 4. The fraction of sp³-hybridized carbons (Fsp3) is 0.233. The molecule has 0 bridgehead atoms. The Morgan fingerprint density at radius 1 is 0.897 bits per heavy atom. The normalized spacial score (nSPS) is 16.3. The summed E-state index contributed by atoms with van der Waals surface area (Å²) in [7, 11) is 3.20. The van der Waals surface area contributed by atoms with Crippen LogP contribution in [0.15, 0.2) is 133 Å². The third kappa shape index (κ3) is 8.55. The average molecular weight is 788 g/mol. The monoisotopic (exact) mass is 787 g/mol. The second-order valence-electron chi connectivity index (χ2n) is 13.1. The van der Waals surface area contributed by atoms with Gasteiger partial charge in [-0.3, -0.25) is 24.5 Å². The van der Waals surface area contributed by atoms with Crippen molar-refractivity contribution in [3.05, 3.63) is 155 Å². The number of carbonyl (C=O) groups excluding carboxylic acids is 2. The highest BCUT2D eigenvalue weighted by molar-refractivity contribution is 5.90. The molecule has 15 nitrogen and oxygen atoms in total. The first kappa shape index (κ1) is 39.3. The lowest BCUT2D eigenvalue weighted by molar-refractivity contribution is -0.118. The minimum absolute atomic E-state index is 0.00630. The molecule has 0 aliphatic carbocycles. The number of H-pyrrole nitrogens is 1. The fourth-order valence-corrected chi connectivity index (χ4v) is 6.74. The second-order valence-corrected chi connectivity index (χ2v) is 13.1. The molecule has 1 aliphatic heterocycles. The predicted molar refractivity (Wildman–Crippen MR) is 212 cm³/mol. The van der Waals surface area contributed by atoms with Gasteiger partial charge in [0.1, 0.15) is 47.9 Å². The number of rotatable bonds is 16. The summed E-state index contributed by atoms with van der Waals surface area (Å²) in [6.45, 7) is 3.13. The molecule has 4 aromatic carbocycles. The Kier molecular flexibility index (Phi) is 12.1. The van der Waals surface area contributed by atoms with Crippen LogP contribution in [0.2, 0.25) is 0 Å². The number of ether oxygens (including phenoxy) is 7. The van der Waals surface area contributed by atoms with Crippen LogP contribution in [0.3, 0.4) is 0 Å². The first-order chi connectivity index (χ1) is 28.3. The quantitative estimate of drug-likeness (QED) is 0.0651. The molecular weight excluding hydrogens is 746 g/mol. The number of hydrogen-bond acceptors (Lipinski definition) is 12.